The van der Waals surface area contributed by atoms with Crippen molar-refractivity contribution in [1.82, 2.24) is 9.97 Å². The lowest BCUT2D eigenvalue weighted by Gasteiger charge is -2.04. The first-order chi connectivity index (χ1) is 7.22. The highest BCUT2D eigenvalue weighted by Gasteiger charge is 2.10. The quantitative estimate of drug-likeness (QED) is 0.806. The van der Waals surface area contributed by atoms with E-state index in [1.165, 1.54) is 18.4 Å². The predicted molar refractivity (Wildman–Crippen MR) is 64.2 cm³/mol. The van der Waals surface area contributed by atoms with Crippen LogP contribution < -0.4 is 0 Å². The van der Waals surface area contributed by atoms with E-state index >= 15 is 0 Å². The van der Waals surface area contributed by atoms with Crippen LogP contribution in [0.1, 0.15) is 44.0 Å². The van der Waals surface area contributed by atoms with Crippen molar-refractivity contribution >= 4 is 11.0 Å². The topological polar surface area (TPSA) is 28.7 Å². The van der Waals surface area contributed by atoms with Gasteiger partial charge in [0.2, 0.25) is 0 Å². The SMILES string of the molecule is CCCC(C)c1nc2c(C)cccc2[nH]1. The number of H-pyrrole nitrogens is 1. The molecule has 0 aliphatic rings. The van der Waals surface area contributed by atoms with Gasteiger partial charge in [0.1, 0.15) is 5.82 Å². The van der Waals surface area contributed by atoms with Crippen LogP contribution in [0.15, 0.2) is 18.2 Å². The van der Waals surface area contributed by atoms with Gasteiger partial charge in [-0.05, 0) is 25.0 Å². The van der Waals surface area contributed by atoms with Crippen LogP contribution in [0.4, 0.5) is 0 Å². The van der Waals surface area contributed by atoms with Gasteiger partial charge in [0.25, 0.3) is 0 Å². The number of hydrogen-bond acceptors (Lipinski definition) is 1. The first kappa shape index (κ1) is 10.2. The lowest BCUT2D eigenvalue weighted by Crippen LogP contribution is -1.94. The van der Waals surface area contributed by atoms with E-state index in [9.17, 15) is 0 Å². The molecule has 1 atom stereocenters. The van der Waals surface area contributed by atoms with Crippen molar-refractivity contribution in [3.8, 4) is 0 Å². The van der Waals surface area contributed by atoms with E-state index < -0.39 is 0 Å². The monoisotopic (exact) mass is 202 g/mol. The third-order valence-electron chi connectivity index (χ3n) is 2.92. The van der Waals surface area contributed by atoms with Crippen LogP contribution >= 0.6 is 0 Å². The fourth-order valence-electron chi connectivity index (χ4n) is 2.00. The van der Waals surface area contributed by atoms with Gasteiger partial charge in [-0.1, -0.05) is 32.4 Å². The highest BCUT2D eigenvalue weighted by Crippen LogP contribution is 2.22. The fraction of sp³-hybridized carbons (Fsp3) is 0.462. The van der Waals surface area contributed by atoms with E-state index in [0.717, 1.165) is 16.9 Å². The molecule has 0 spiro atoms. The Balaban J connectivity index is 2.43. The maximum absolute atomic E-state index is 4.68. The van der Waals surface area contributed by atoms with E-state index in [-0.39, 0.29) is 0 Å². The highest BCUT2D eigenvalue weighted by atomic mass is 14.9. The van der Waals surface area contributed by atoms with Crippen molar-refractivity contribution in [2.24, 2.45) is 0 Å². The first-order valence-electron chi connectivity index (χ1n) is 5.67. The van der Waals surface area contributed by atoms with E-state index in [4.69, 9.17) is 0 Å². The molecule has 2 aromatic rings. The molecule has 0 bridgehead atoms. The average molecular weight is 202 g/mol. The summed E-state index contributed by atoms with van der Waals surface area (Å²) < 4.78 is 0. The zero-order valence-electron chi connectivity index (χ0n) is 9.67. The number of nitrogens with one attached hydrogen (secondary N) is 1. The Morgan fingerprint density at radius 1 is 1.40 bits per heavy atom. The molecular weight excluding hydrogens is 184 g/mol. The number of aryl methyl sites for hydroxylation is 1. The van der Waals surface area contributed by atoms with Crippen molar-refractivity contribution in [2.75, 3.05) is 0 Å². The molecule has 0 aliphatic heterocycles. The normalized spacial score (nSPS) is 13.3. The van der Waals surface area contributed by atoms with Crippen LogP contribution in [0.3, 0.4) is 0 Å². The van der Waals surface area contributed by atoms with Crippen LogP contribution in [0, 0.1) is 6.92 Å². The Labute approximate surface area is 90.7 Å². The molecule has 15 heavy (non-hydrogen) atoms. The van der Waals surface area contributed by atoms with Crippen molar-refractivity contribution < 1.29 is 0 Å². The van der Waals surface area contributed by atoms with Crippen LogP contribution in [-0.2, 0) is 0 Å². The van der Waals surface area contributed by atoms with Gasteiger partial charge in [0.15, 0.2) is 0 Å². The molecule has 1 aromatic heterocycles. The maximum Gasteiger partial charge on any atom is 0.110 e. The largest absolute Gasteiger partial charge is 0.342 e. The van der Waals surface area contributed by atoms with Gasteiger partial charge in [0, 0.05) is 5.92 Å². The number of fused-ring (bicyclic) bond motifs is 1. The number of aromatic nitrogens is 2. The summed E-state index contributed by atoms with van der Waals surface area (Å²) in [5, 5.41) is 0. The van der Waals surface area contributed by atoms with Gasteiger partial charge >= 0.3 is 0 Å². The summed E-state index contributed by atoms with van der Waals surface area (Å²) in [5.74, 6) is 1.66. The summed E-state index contributed by atoms with van der Waals surface area (Å²) in [6.45, 7) is 6.55. The van der Waals surface area contributed by atoms with E-state index in [0.29, 0.717) is 5.92 Å². The fourth-order valence-corrected chi connectivity index (χ4v) is 2.00. The summed E-state index contributed by atoms with van der Waals surface area (Å²) in [6, 6.07) is 6.28. The third kappa shape index (κ3) is 1.89. The molecule has 2 nitrogen and oxygen atoms in total. The van der Waals surface area contributed by atoms with Crippen LogP contribution in [0.2, 0.25) is 0 Å². The smallest absolute Gasteiger partial charge is 0.110 e. The van der Waals surface area contributed by atoms with E-state index in [2.05, 4.69) is 48.9 Å². The predicted octanol–water partition coefficient (Wildman–Crippen LogP) is 3.77. The Kier molecular flexibility index (Phi) is 2.76. The highest BCUT2D eigenvalue weighted by molar-refractivity contribution is 5.78. The number of aromatic amines is 1. The van der Waals surface area contributed by atoms with Gasteiger partial charge in [-0.2, -0.15) is 0 Å². The molecule has 0 amide bonds. The molecule has 2 heteroatoms. The second kappa shape index (κ2) is 4.05. The second-order valence-electron chi connectivity index (χ2n) is 4.28. The molecule has 0 aliphatic carbocycles. The van der Waals surface area contributed by atoms with Gasteiger partial charge in [0.05, 0.1) is 11.0 Å². The molecule has 1 unspecified atom stereocenters. The number of para-hydroxylation sites is 1. The van der Waals surface area contributed by atoms with Crippen molar-refractivity contribution in [3.05, 3.63) is 29.6 Å². The second-order valence-corrected chi connectivity index (χ2v) is 4.28. The van der Waals surface area contributed by atoms with Gasteiger partial charge in [-0.25, -0.2) is 4.98 Å². The summed E-state index contributed by atoms with van der Waals surface area (Å²) in [6.07, 6.45) is 2.40. The standard InChI is InChI=1S/C13H18N2/c1-4-6-10(3)13-14-11-8-5-7-9(2)12(11)15-13/h5,7-8,10H,4,6H2,1-3H3,(H,14,15). The van der Waals surface area contributed by atoms with E-state index in [1.807, 2.05) is 0 Å². The molecule has 0 saturated heterocycles. The number of benzene rings is 1. The summed E-state index contributed by atoms with van der Waals surface area (Å²) in [4.78, 5) is 8.09. The van der Waals surface area contributed by atoms with E-state index in [1.54, 1.807) is 0 Å². The lowest BCUT2D eigenvalue weighted by molar-refractivity contribution is 0.635. The average Bonchev–Trinajstić information content (AvgIpc) is 2.63. The lowest BCUT2D eigenvalue weighted by atomic mass is 10.1. The molecule has 2 rings (SSSR count). The molecule has 1 N–H and O–H groups in total. The van der Waals surface area contributed by atoms with Gasteiger partial charge in [-0.15, -0.1) is 0 Å². The Bertz CT molecular complexity index is 457. The Hall–Kier alpha value is -1.31. The minimum atomic E-state index is 0.529. The van der Waals surface area contributed by atoms with Crippen molar-refractivity contribution in [2.45, 2.75) is 39.5 Å². The molecule has 0 saturated carbocycles. The minimum absolute atomic E-state index is 0.529. The number of nitrogens with zero attached hydrogens (tertiary/aromatic N) is 1. The Morgan fingerprint density at radius 3 is 2.87 bits per heavy atom. The number of imidazole rings is 1. The molecule has 0 radical (unpaired) electrons. The zero-order valence-corrected chi connectivity index (χ0v) is 9.67. The van der Waals surface area contributed by atoms with Crippen molar-refractivity contribution in [3.63, 3.8) is 0 Å². The molecule has 0 fully saturated rings. The number of hydrogen-bond donors (Lipinski definition) is 1. The molecule has 1 aromatic carbocycles. The zero-order chi connectivity index (χ0) is 10.8. The van der Waals surface area contributed by atoms with Gasteiger partial charge in [-0.3, -0.25) is 0 Å². The van der Waals surface area contributed by atoms with Crippen LogP contribution in [0.5, 0.6) is 0 Å². The first-order valence-corrected chi connectivity index (χ1v) is 5.67. The summed E-state index contributed by atoms with van der Waals surface area (Å²) >= 11 is 0. The molecule has 1 heterocycles. The number of rotatable bonds is 3. The Morgan fingerprint density at radius 2 is 2.20 bits per heavy atom. The molecule has 80 valence electrons. The third-order valence-corrected chi connectivity index (χ3v) is 2.92. The maximum atomic E-state index is 4.68. The van der Waals surface area contributed by atoms with Crippen molar-refractivity contribution in [1.29, 1.82) is 0 Å². The summed E-state index contributed by atoms with van der Waals surface area (Å²) in [5.41, 5.74) is 3.53. The summed E-state index contributed by atoms with van der Waals surface area (Å²) in [7, 11) is 0. The van der Waals surface area contributed by atoms with Crippen LogP contribution in [-0.4, -0.2) is 9.97 Å². The minimum Gasteiger partial charge on any atom is -0.342 e. The molecular formula is C13H18N2. The van der Waals surface area contributed by atoms with Crippen LogP contribution in [0.25, 0.3) is 11.0 Å². The van der Waals surface area contributed by atoms with Gasteiger partial charge < -0.3 is 4.98 Å².